The van der Waals surface area contributed by atoms with Gasteiger partial charge >= 0.3 is 0 Å². The number of benzene rings is 1. The van der Waals surface area contributed by atoms with Crippen LogP contribution in [0.3, 0.4) is 0 Å². The quantitative estimate of drug-likeness (QED) is 0.811. The SMILES string of the molecule is CC(C)N1CCCc2cc(S(C)(=O)=O)ccc21. The van der Waals surface area contributed by atoms with E-state index in [0.29, 0.717) is 10.9 Å². The molecule has 0 saturated carbocycles. The number of anilines is 1. The Bertz CT molecular complexity index is 520. The Morgan fingerprint density at radius 3 is 2.59 bits per heavy atom. The summed E-state index contributed by atoms with van der Waals surface area (Å²) in [5.41, 5.74) is 2.35. The smallest absolute Gasteiger partial charge is 0.175 e. The Kier molecular flexibility index (Phi) is 3.17. The molecule has 0 atom stereocenters. The number of sulfone groups is 1. The number of aryl methyl sites for hydroxylation is 1. The van der Waals surface area contributed by atoms with Crippen molar-refractivity contribution >= 4 is 15.5 Å². The van der Waals surface area contributed by atoms with Gasteiger partial charge in [0, 0.05) is 24.5 Å². The van der Waals surface area contributed by atoms with Crippen LogP contribution in [-0.4, -0.2) is 27.3 Å². The first-order chi connectivity index (χ1) is 7.89. The fourth-order valence-electron chi connectivity index (χ4n) is 2.37. The minimum atomic E-state index is -3.09. The average molecular weight is 253 g/mol. The molecule has 0 aliphatic carbocycles. The summed E-state index contributed by atoms with van der Waals surface area (Å²) in [5, 5.41) is 0. The van der Waals surface area contributed by atoms with E-state index in [1.54, 1.807) is 6.07 Å². The summed E-state index contributed by atoms with van der Waals surface area (Å²) in [6.45, 7) is 5.39. The van der Waals surface area contributed by atoms with Crippen molar-refractivity contribution in [1.29, 1.82) is 0 Å². The number of nitrogens with zero attached hydrogens (tertiary/aromatic N) is 1. The van der Waals surface area contributed by atoms with Crippen LogP contribution in [0.25, 0.3) is 0 Å². The van der Waals surface area contributed by atoms with Crippen molar-refractivity contribution in [2.75, 3.05) is 17.7 Å². The molecule has 1 aliphatic heterocycles. The van der Waals surface area contributed by atoms with Crippen LogP contribution in [0.5, 0.6) is 0 Å². The number of rotatable bonds is 2. The van der Waals surface area contributed by atoms with E-state index in [9.17, 15) is 8.42 Å². The van der Waals surface area contributed by atoms with Gasteiger partial charge in [-0.2, -0.15) is 0 Å². The maximum absolute atomic E-state index is 11.5. The van der Waals surface area contributed by atoms with Gasteiger partial charge in [0.1, 0.15) is 0 Å². The Morgan fingerprint density at radius 2 is 2.00 bits per heavy atom. The van der Waals surface area contributed by atoms with Gasteiger partial charge in [-0.1, -0.05) is 0 Å². The van der Waals surface area contributed by atoms with Gasteiger partial charge in [-0.3, -0.25) is 0 Å². The molecule has 94 valence electrons. The first kappa shape index (κ1) is 12.4. The van der Waals surface area contributed by atoms with Gasteiger partial charge in [-0.25, -0.2) is 8.42 Å². The highest BCUT2D eigenvalue weighted by molar-refractivity contribution is 7.90. The summed E-state index contributed by atoms with van der Waals surface area (Å²) in [6.07, 6.45) is 3.33. The molecule has 1 aromatic carbocycles. The van der Waals surface area contributed by atoms with E-state index in [1.807, 2.05) is 12.1 Å². The van der Waals surface area contributed by atoms with Crippen LogP contribution < -0.4 is 4.90 Å². The number of hydrogen-bond acceptors (Lipinski definition) is 3. The van der Waals surface area contributed by atoms with Gasteiger partial charge in [0.05, 0.1) is 4.90 Å². The molecule has 0 amide bonds. The Hall–Kier alpha value is -1.03. The number of hydrogen-bond donors (Lipinski definition) is 0. The largest absolute Gasteiger partial charge is 0.369 e. The molecule has 4 heteroatoms. The summed E-state index contributed by atoms with van der Waals surface area (Å²) in [4.78, 5) is 2.77. The average Bonchev–Trinajstić information content (AvgIpc) is 2.26. The van der Waals surface area contributed by atoms with E-state index in [1.165, 1.54) is 11.9 Å². The normalized spacial score (nSPS) is 16.1. The van der Waals surface area contributed by atoms with Gasteiger partial charge in [0.2, 0.25) is 0 Å². The molecule has 3 nitrogen and oxygen atoms in total. The van der Waals surface area contributed by atoms with Gasteiger partial charge in [-0.15, -0.1) is 0 Å². The van der Waals surface area contributed by atoms with Crippen molar-refractivity contribution in [2.45, 2.75) is 37.6 Å². The van der Waals surface area contributed by atoms with Crippen LogP contribution in [-0.2, 0) is 16.3 Å². The van der Waals surface area contributed by atoms with Crippen molar-refractivity contribution in [3.8, 4) is 0 Å². The standard InChI is InChI=1S/C13H19NO2S/c1-10(2)14-8-4-5-11-9-12(17(3,15)16)6-7-13(11)14/h6-7,9-10H,4-5,8H2,1-3H3. The maximum Gasteiger partial charge on any atom is 0.175 e. The van der Waals surface area contributed by atoms with Gasteiger partial charge in [0.25, 0.3) is 0 Å². The molecule has 0 unspecified atom stereocenters. The third kappa shape index (κ3) is 2.46. The third-order valence-electron chi connectivity index (χ3n) is 3.26. The second-order valence-corrected chi connectivity index (χ2v) is 6.97. The zero-order valence-corrected chi connectivity index (χ0v) is 11.4. The predicted octanol–water partition coefficient (Wildman–Crippen LogP) is 2.25. The molecule has 0 spiro atoms. The van der Waals surface area contributed by atoms with E-state index < -0.39 is 9.84 Å². The van der Waals surface area contributed by atoms with Crippen molar-refractivity contribution in [3.05, 3.63) is 23.8 Å². The summed E-state index contributed by atoms with van der Waals surface area (Å²) in [6, 6.07) is 5.96. The van der Waals surface area contributed by atoms with Crippen molar-refractivity contribution in [1.82, 2.24) is 0 Å². The van der Waals surface area contributed by atoms with E-state index in [-0.39, 0.29) is 0 Å². The molecule has 1 aromatic rings. The van der Waals surface area contributed by atoms with Gasteiger partial charge in [0.15, 0.2) is 9.84 Å². The van der Waals surface area contributed by atoms with Crippen LogP contribution in [0, 0.1) is 0 Å². The van der Waals surface area contributed by atoms with Crippen LogP contribution in [0.2, 0.25) is 0 Å². The highest BCUT2D eigenvalue weighted by Crippen LogP contribution is 2.30. The fourth-order valence-corrected chi connectivity index (χ4v) is 3.04. The van der Waals surface area contributed by atoms with Crippen LogP contribution in [0.4, 0.5) is 5.69 Å². The van der Waals surface area contributed by atoms with Crippen LogP contribution >= 0.6 is 0 Å². The lowest BCUT2D eigenvalue weighted by Crippen LogP contribution is -2.35. The summed E-state index contributed by atoms with van der Waals surface area (Å²) in [7, 11) is -3.09. The fraction of sp³-hybridized carbons (Fsp3) is 0.538. The molecule has 0 saturated heterocycles. The molecule has 0 aromatic heterocycles. The zero-order valence-electron chi connectivity index (χ0n) is 10.6. The molecule has 0 bridgehead atoms. The monoisotopic (exact) mass is 253 g/mol. The highest BCUT2D eigenvalue weighted by Gasteiger charge is 2.20. The maximum atomic E-state index is 11.5. The molecular formula is C13H19NO2S. The van der Waals surface area contributed by atoms with E-state index >= 15 is 0 Å². The topological polar surface area (TPSA) is 37.4 Å². The molecule has 1 heterocycles. The van der Waals surface area contributed by atoms with Gasteiger partial charge in [-0.05, 0) is 50.5 Å². The molecular weight excluding hydrogens is 234 g/mol. The molecule has 0 fully saturated rings. The van der Waals surface area contributed by atoms with E-state index in [2.05, 4.69) is 18.7 Å². The zero-order chi connectivity index (χ0) is 12.6. The minimum Gasteiger partial charge on any atom is -0.369 e. The predicted molar refractivity (Wildman–Crippen MR) is 70.4 cm³/mol. The Morgan fingerprint density at radius 1 is 1.29 bits per heavy atom. The lowest BCUT2D eigenvalue weighted by molar-refractivity contribution is 0.600. The van der Waals surface area contributed by atoms with E-state index in [4.69, 9.17) is 0 Å². The second-order valence-electron chi connectivity index (χ2n) is 4.95. The van der Waals surface area contributed by atoms with Crippen LogP contribution in [0.15, 0.2) is 23.1 Å². The summed E-state index contributed by atoms with van der Waals surface area (Å²) in [5.74, 6) is 0. The summed E-state index contributed by atoms with van der Waals surface area (Å²) >= 11 is 0. The Labute approximate surface area is 103 Å². The third-order valence-corrected chi connectivity index (χ3v) is 4.37. The van der Waals surface area contributed by atoms with Crippen LogP contribution in [0.1, 0.15) is 25.8 Å². The highest BCUT2D eigenvalue weighted by atomic mass is 32.2. The number of fused-ring (bicyclic) bond motifs is 1. The van der Waals surface area contributed by atoms with E-state index in [0.717, 1.165) is 24.9 Å². The van der Waals surface area contributed by atoms with Gasteiger partial charge < -0.3 is 4.90 Å². The molecule has 17 heavy (non-hydrogen) atoms. The first-order valence-electron chi connectivity index (χ1n) is 5.99. The second kappa shape index (κ2) is 4.33. The lowest BCUT2D eigenvalue weighted by Gasteiger charge is -2.34. The molecule has 2 rings (SSSR count). The van der Waals surface area contributed by atoms with Crippen molar-refractivity contribution in [3.63, 3.8) is 0 Å². The lowest BCUT2D eigenvalue weighted by atomic mass is 10.0. The molecule has 0 radical (unpaired) electrons. The van der Waals surface area contributed by atoms with Crippen molar-refractivity contribution < 1.29 is 8.42 Å². The molecule has 1 aliphatic rings. The first-order valence-corrected chi connectivity index (χ1v) is 7.88. The summed E-state index contributed by atoms with van der Waals surface area (Å²) < 4.78 is 23.0. The Balaban J connectivity index is 2.47. The molecule has 0 N–H and O–H groups in total. The van der Waals surface area contributed by atoms with Crippen molar-refractivity contribution in [2.24, 2.45) is 0 Å². The minimum absolute atomic E-state index is 0.432.